The van der Waals surface area contributed by atoms with Crippen LogP contribution in [0.4, 0.5) is 0 Å². The molecule has 1 fully saturated rings. The van der Waals surface area contributed by atoms with Gasteiger partial charge in [-0.05, 0) is 57.5 Å². The van der Waals surface area contributed by atoms with E-state index in [1.54, 1.807) is 0 Å². The molecule has 0 amide bonds. The minimum Gasteiger partial charge on any atom is -0.399 e. The lowest BCUT2D eigenvalue weighted by Crippen LogP contribution is -2.44. The highest BCUT2D eigenvalue weighted by atomic mass is 32.2. The molecule has 122 valence electrons. The third kappa shape index (κ3) is 4.25. The molecule has 1 aliphatic rings. The summed E-state index contributed by atoms with van der Waals surface area (Å²) in [5.41, 5.74) is 1.83. The van der Waals surface area contributed by atoms with Gasteiger partial charge in [-0.1, -0.05) is 29.8 Å². The van der Waals surface area contributed by atoms with Gasteiger partial charge >= 0.3 is 7.12 Å². The highest BCUT2D eigenvalue weighted by Gasteiger charge is 2.53. The number of aryl methyl sites for hydroxylation is 1. The molecule has 1 saturated heterocycles. The molecule has 2 rings (SSSR count). The maximum Gasteiger partial charge on any atom is 0.494 e. The van der Waals surface area contributed by atoms with Crippen molar-refractivity contribution >= 4 is 37.0 Å². The van der Waals surface area contributed by atoms with Crippen molar-refractivity contribution in [2.75, 3.05) is 17.3 Å². The second-order valence-electron chi connectivity index (χ2n) is 6.66. The predicted molar refractivity (Wildman–Crippen MR) is 102 cm³/mol. The van der Waals surface area contributed by atoms with Gasteiger partial charge in [0.2, 0.25) is 0 Å². The molecule has 22 heavy (non-hydrogen) atoms. The average Bonchev–Trinajstić information content (AvgIpc) is 2.70. The van der Waals surface area contributed by atoms with Crippen molar-refractivity contribution in [3.8, 4) is 0 Å². The summed E-state index contributed by atoms with van der Waals surface area (Å²) in [4.78, 5) is 0. The van der Waals surface area contributed by atoms with E-state index in [1.807, 2.05) is 11.8 Å². The largest absolute Gasteiger partial charge is 0.494 e. The summed E-state index contributed by atoms with van der Waals surface area (Å²) < 4.78 is 12.6. The normalized spacial score (nSPS) is 24.0. The van der Waals surface area contributed by atoms with Gasteiger partial charge in [0.1, 0.15) is 0 Å². The van der Waals surface area contributed by atoms with Crippen LogP contribution in [0.3, 0.4) is 0 Å². The summed E-state index contributed by atoms with van der Waals surface area (Å²) in [6.07, 6.45) is 2.16. The summed E-state index contributed by atoms with van der Waals surface area (Å²) in [6, 6.07) is 8.42. The molecule has 1 unspecified atom stereocenters. The molecule has 5 heteroatoms. The Balaban J connectivity index is 1.98. The summed E-state index contributed by atoms with van der Waals surface area (Å²) in [5, 5.41) is 0. The Labute approximate surface area is 145 Å². The Morgan fingerprint density at radius 2 is 1.77 bits per heavy atom. The van der Waals surface area contributed by atoms with E-state index in [0.29, 0.717) is 0 Å². The van der Waals surface area contributed by atoms with E-state index in [1.165, 1.54) is 5.56 Å². The van der Waals surface area contributed by atoms with Crippen LogP contribution in [-0.2, 0) is 9.31 Å². The lowest BCUT2D eigenvalue weighted by Gasteiger charge is -2.36. The van der Waals surface area contributed by atoms with Crippen molar-refractivity contribution in [3.63, 3.8) is 0 Å². The van der Waals surface area contributed by atoms with Gasteiger partial charge < -0.3 is 9.31 Å². The number of thiol groups is 1. The Morgan fingerprint density at radius 3 is 2.41 bits per heavy atom. The molecule has 0 N–H and O–H groups in total. The topological polar surface area (TPSA) is 18.5 Å². The molecule has 1 aromatic rings. The van der Waals surface area contributed by atoms with E-state index < -0.39 is 0 Å². The number of hydrogen-bond donors (Lipinski definition) is 1. The smallest absolute Gasteiger partial charge is 0.399 e. The Hall–Kier alpha value is -0.0951. The number of rotatable bonds is 7. The second kappa shape index (κ2) is 7.65. The van der Waals surface area contributed by atoms with E-state index in [4.69, 9.17) is 9.31 Å². The minimum atomic E-state index is -0.281. The molecule has 0 bridgehead atoms. The molecule has 1 aromatic carbocycles. The molecule has 0 radical (unpaired) electrons. The van der Waals surface area contributed by atoms with Gasteiger partial charge in [0, 0.05) is 5.75 Å². The van der Waals surface area contributed by atoms with Gasteiger partial charge in [-0.3, -0.25) is 0 Å². The van der Waals surface area contributed by atoms with Gasteiger partial charge in [0.15, 0.2) is 0 Å². The summed E-state index contributed by atoms with van der Waals surface area (Å²) in [6.45, 7) is 8.56. The SMILES string of the molecule is Cc1ccc(B2OC(C)(C)C(C)(CCCSCCS)O2)cc1. The van der Waals surface area contributed by atoms with Gasteiger partial charge in [-0.2, -0.15) is 24.4 Å². The first-order chi connectivity index (χ1) is 10.4. The zero-order valence-electron chi connectivity index (χ0n) is 14.1. The van der Waals surface area contributed by atoms with E-state index in [-0.39, 0.29) is 18.3 Å². The highest BCUT2D eigenvalue weighted by molar-refractivity contribution is 7.99. The van der Waals surface area contributed by atoms with Gasteiger partial charge in [0.25, 0.3) is 0 Å². The zero-order valence-corrected chi connectivity index (χ0v) is 15.8. The predicted octanol–water partition coefficient (Wildman–Crippen LogP) is 3.72. The average molecular weight is 338 g/mol. The van der Waals surface area contributed by atoms with Crippen LogP contribution in [0.1, 0.15) is 39.2 Å². The molecule has 0 spiro atoms. The molecular weight excluding hydrogens is 311 g/mol. The standard InChI is InChI=1S/C17H27BO2S2/c1-14-6-8-15(9-7-14)18-19-16(2,3)17(4,20-18)10-5-12-22-13-11-21/h6-9,21H,5,10-13H2,1-4H3. The van der Waals surface area contributed by atoms with Crippen LogP contribution < -0.4 is 5.46 Å². The van der Waals surface area contributed by atoms with Crippen LogP contribution in [0, 0.1) is 6.92 Å². The van der Waals surface area contributed by atoms with Crippen LogP contribution in [0.25, 0.3) is 0 Å². The molecule has 2 nitrogen and oxygen atoms in total. The van der Waals surface area contributed by atoms with Crippen molar-refractivity contribution in [3.05, 3.63) is 29.8 Å². The summed E-state index contributed by atoms with van der Waals surface area (Å²) >= 11 is 6.21. The highest BCUT2D eigenvalue weighted by Crippen LogP contribution is 2.40. The first-order valence-electron chi connectivity index (χ1n) is 7.99. The van der Waals surface area contributed by atoms with E-state index in [9.17, 15) is 0 Å². The van der Waals surface area contributed by atoms with E-state index in [0.717, 1.165) is 35.6 Å². The van der Waals surface area contributed by atoms with Crippen molar-refractivity contribution in [1.29, 1.82) is 0 Å². The van der Waals surface area contributed by atoms with Gasteiger partial charge in [-0.25, -0.2) is 0 Å². The number of benzene rings is 1. The molecule has 0 aliphatic carbocycles. The fourth-order valence-electron chi connectivity index (χ4n) is 2.69. The molecular formula is C17H27BO2S2. The maximum atomic E-state index is 6.35. The summed E-state index contributed by atoms with van der Waals surface area (Å²) in [5.74, 6) is 3.22. The van der Waals surface area contributed by atoms with E-state index in [2.05, 4.69) is 64.6 Å². The van der Waals surface area contributed by atoms with Crippen molar-refractivity contribution in [1.82, 2.24) is 0 Å². The number of hydrogen-bond acceptors (Lipinski definition) is 4. The van der Waals surface area contributed by atoms with Gasteiger partial charge in [-0.15, -0.1) is 0 Å². The van der Waals surface area contributed by atoms with Crippen LogP contribution >= 0.6 is 24.4 Å². The fourth-order valence-corrected chi connectivity index (χ4v) is 3.76. The summed E-state index contributed by atoms with van der Waals surface area (Å²) in [7, 11) is -0.259. The monoisotopic (exact) mass is 338 g/mol. The third-order valence-electron chi connectivity index (χ3n) is 4.57. The fraction of sp³-hybridized carbons (Fsp3) is 0.647. The molecule has 1 heterocycles. The van der Waals surface area contributed by atoms with Crippen molar-refractivity contribution in [2.45, 2.75) is 51.7 Å². The quantitative estimate of drug-likeness (QED) is 0.464. The lowest BCUT2D eigenvalue weighted by atomic mass is 9.79. The van der Waals surface area contributed by atoms with Crippen LogP contribution in [0.15, 0.2) is 24.3 Å². The molecule has 0 saturated carbocycles. The number of thioether (sulfide) groups is 1. The molecule has 1 atom stereocenters. The Kier molecular flexibility index (Phi) is 6.34. The van der Waals surface area contributed by atoms with Gasteiger partial charge in [0.05, 0.1) is 11.2 Å². The first kappa shape index (κ1) is 18.2. The Morgan fingerprint density at radius 1 is 1.09 bits per heavy atom. The van der Waals surface area contributed by atoms with Crippen molar-refractivity contribution < 1.29 is 9.31 Å². The molecule has 1 aliphatic heterocycles. The lowest BCUT2D eigenvalue weighted by molar-refractivity contribution is -0.0157. The minimum absolute atomic E-state index is 0.246. The van der Waals surface area contributed by atoms with Crippen LogP contribution in [0.2, 0.25) is 0 Å². The van der Waals surface area contributed by atoms with E-state index >= 15 is 0 Å². The van der Waals surface area contributed by atoms with Crippen molar-refractivity contribution in [2.24, 2.45) is 0 Å². The third-order valence-corrected chi connectivity index (χ3v) is 6.17. The zero-order chi connectivity index (χ0) is 16.2. The Bertz CT molecular complexity index is 478. The second-order valence-corrected chi connectivity index (χ2v) is 8.33. The van der Waals surface area contributed by atoms with Crippen LogP contribution in [0.5, 0.6) is 0 Å². The molecule has 0 aromatic heterocycles. The van der Waals surface area contributed by atoms with Crippen LogP contribution in [-0.4, -0.2) is 35.6 Å². The first-order valence-corrected chi connectivity index (χ1v) is 9.77. The maximum absolute atomic E-state index is 6.35.